The lowest BCUT2D eigenvalue weighted by Gasteiger charge is -2.07. The van der Waals surface area contributed by atoms with Gasteiger partial charge in [-0.2, -0.15) is 5.10 Å². The monoisotopic (exact) mass is 430 g/mol. The van der Waals surface area contributed by atoms with Gasteiger partial charge in [0.15, 0.2) is 0 Å². The molecule has 0 unspecified atom stereocenters. The molecule has 0 saturated heterocycles. The molecule has 1 aromatic heterocycles. The highest BCUT2D eigenvalue weighted by molar-refractivity contribution is 6.30. The summed E-state index contributed by atoms with van der Waals surface area (Å²) in [7, 11) is 0. The van der Waals surface area contributed by atoms with Crippen LogP contribution >= 0.6 is 11.6 Å². The van der Waals surface area contributed by atoms with Gasteiger partial charge < -0.3 is 11.1 Å². The zero-order valence-corrected chi connectivity index (χ0v) is 17.2. The number of halogens is 1. The summed E-state index contributed by atoms with van der Waals surface area (Å²) in [4.78, 5) is 24.6. The number of rotatable bonds is 6. The van der Waals surface area contributed by atoms with E-state index in [4.69, 9.17) is 17.3 Å². The van der Waals surface area contributed by atoms with Crippen molar-refractivity contribution >= 4 is 29.1 Å². The molecule has 4 aromatic rings. The van der Waals surface area contributed by atoms with Crippen LogP contribution in [0.5, 0.6) is 0 Å². The largest absolute Gasteiger partial charge is 0.366 e. The number of primary amides is 1. The smallest absolute Gasteiger partial charge is 0.259 e. The van der Waals surface area contributed by atoms with E-state index in [-0.39, 0.29) is 5.91 Å². The Hall–Kier alpha value is -3.90. The second-order valence-electron chi connectivity index (χ2n) is 6.98. The van der Waals surface area contributed by atoms with Crippen LogP contribution < -0.4 is 11.1 Å². The Balaban J connectivity index is 1.68. The van der Waals surface area contributed by atoms with Crippen LogP contribution in [0.25, 0.3) is 11.3 Å². The van der Waals surface area contributed by atoms with Crippen LogP contribution in [0, 0.1) is 0 Å². The van der Waals surface area contributed by atoms with Crippen LogP contribution in [0.4, 0.5) is 5.69 Å². The molecule has 0 atom stereocenters. The fourth-order valence-corrected chi connectivity index (χ4v) is 3.33. The topological polar surface area (TPSA) is 90.0 Å². The Kier molecular flexibility index (Phi) is 5.82. The van der Waals surface area contributed by atoms with Gasteiger partial charge in [0.05, 0.1) is 12.1 Å². The van der Waals surface area contributed by atoms with Gasteiger partial charge in [0.2, 0.25) is 5.91 Å². The van der Waals surface area contributed by atoms with Crippen LogP contribution in [-0.4, -0.2) is 21.6 Å². The van der Waals surface area contributed by atoms with E-state index in [1.165, 1.54) is 6.07 Å². The number of carbonyl (C=O) groups excluding carboxylic acids is 2. The summed E-state index contributed by atoms with van der Waals surface area (Å²) in [5.74, 6) is -0.903. The van der Waals surface area contributed by atoms with Crippen molar-refractivity contribution < 1.29 is 9.59 Å². The maximum atomic E-state index is 13.1. The van der Waals surface area contributed by atoms with E-state index in [1.54, 1.807) is 41.2 Å². The molecule has 0 fully saturated rings. The quantitative estimate of drug-likeness (QED) is 0.468. The molecule has 1 heterocycles. The Labute approximate surface area is 184 Å². The summed E-state index contributed by atoms with van der Waals surface area (Å²) < 4.78 is 1.73. The molecule has 0 spiro atoms. The lowest BCUT2D eigenvalue weighted by atomic mass is 10.1. The van der Waals surface area contributed by atoms with E-state index in [1.807, 2.05) is 42.5 Å². The van der Waals surface area contributed by atoms with Crippen molar-refractivity contribution in [2.45, 2.75) is 6.54 Å². The van der Waals surface area contributed by atoms with Crippen molar-refractivity contribution in [2.75, 3.05) is 5.32 Å². The molecule has 154 valence electrons. The van der Waals surface area contributed by atoms with Crippen LogP contribution in [0.3, 0.4) is 0 Å². The molecular formula is C24H19ClN4O2. The highest BCUT2D eigenvalue weighted by Crippen LogP contribution is 2.25. The molecule has 6 nitrogen and oxygen atoms in total. The maximum absolute atomic E-state index is 13.1. The van der Waals surface area contributed by atoms with E-state index in [2.05, 4.69) is 10.4 Å². The minimum absolute atomic E-state index is 0.315. The van der Waals surface area contributed by atoms with Gasteiger partial charge in [-0.25, -0.2) is 0 Å². The fourth-order valence-electron chi connectivity index (χ4n) is 3.21. The second-order valence-corrected chi connectivity index (χ2v) is 7.42. The number of nitrogens with one attached hydrogen (secondary N) is 1. The maximum Gasteiger partial charge on any atom is 0.259 e. The van der Waals surface area contributed by atoms with Gasteiger partial charge in [0, 0.05) is 28.0 Å². The first-order valence-corrected chi connectivity index (χ1v) is 9.96. The molecule has 7 heteroatoms. The summed E-state index contributed by atoms with van der Waals surface area (Å²) in [5, 5.41) is 8.08. The predicted octanol–water partition coefficient (Wildman–Crippen LogP) is 4.60. The Morgan fingerprint density at radius 1 is 0.968 bits per heavy atom. The van der Waals surface area contributed by atoms with Gasteiger partial charge in [-0.05, 0) is 35.9 Å². The highest BCUT2D eigenvalue weighted by Gasteiger charge is 2.19. The van der Waals surface area contributed by atoms with Crippen LogP contribution in [0.15, 0.2) is 85.1 Å². The van der Waals surface area contributed by atoms with Crippen molar-refractivity contribution in [3.05, 3.63) is 107 Å². The molecule has 0 saturated carbocycles. The van der Waals surface area contributed by atoms with Gasteiger partial charge in [-0.3, -0.25) is 14.3 Å². The standard InChI is InChI=1S/C24H19ClN4O2/c25-19-11-9-17(10-12-19)22-21(15-29(28-22)14-16-5-2-1-3-6-16)24(31)27-20-8-4-7-18(13-20)23(26)30/h1-13,15H,14H2,(H2,26,30)(H,27,31). The highest BCUT2D eigenvalue weighted by atomic mass is 35.5. The number of nitrogens with two attached hydrogens (primary N) is 1. The number of benzene rings is 3. The number of nitrogens with zero attached hydrogens (tertiary/aromatic N) is 2. The van der Waals surface area contributed by atoms with E-state index in [0.29, 0.717) is 34.1 Å². The fraction of sp³-hybridized carbons (Fsp3) is 0.0417. The third kappa shape index (κ3) is 4.82. The Morgan fingerprint density at radius 3 is 2.42 bits per heavy atom. The molecule has 0 aliphatic rings. The lowest BCUT2D eigenvalue weighted by Crippen LogP contribution is -2.14. The Morgan fingerprint density at radius 2 is 1.71 bits per heavy atom. The first-order chi connectivity index (χ1) is 15.0. The van der Waals surface area contributed by atoms with Gasteiger partial charge in [0.1, 0.15) is 5.69 Å². The van der Waals surface area contributed by atoms with Crippen molar-refractivity contribution in [3.63, 3.8) is 0 Å². The van der Waals surface area contributed by atoms with Crippen molar-refractivity contribution in [1.29, 1.82) is 0 Å². The lowest BCUT2D eigenvalue weighted by molar-refractivity contribution is 0.0996. The minimum atomic E-state index is -0.561. The molecule has 4 rings (SSSR count). The number of anilines is 1. The zero-order valence-electron chi connectivity index (χ0n) is 16.5. The summed E-state index contributed by atoms with van der Waals surface area (Å²) in [6, 6.07) is 23.5. The number of amides is 2. The van der Waals surface area contributed by atoms with Crippen molar-refractivity contribution in [1.82, 2.24) is 9.78 Å². The zero-order chi connectivity index (χ0) is 21.8. The molecule has 2 amide bonds. The number of hydrogen-bond acceptors (Lipinski definition) is 3. The number of aromatic nitrogens is 2. The first kappa shape index (κ1) is 20.4. The molecule has 0 bridgehead atoms. The molecule has 3 N–H and O–H groups in total. The van der Waals surface area contributed by atoms with Gasteiger partial charge >= 0.3 is 0 Å². The van der Waals surface area contributed by atoms with Crippen LogP contribution in [-0.2, 0) is 6.54 Å². The van der Waals surface area contributed by atoms with Gasteiger partial charge in [-0.1, -0.05) is 60.1 Å². The molecule has 3 aromatic carbocycles. The number of carbonyl (C=O) groups is 2. The van der Waals surface area contributed by atoms with E-state index >= 15 is 0 Å². The van der Waals surface area contributed by atoms with E-state index in [9.17, 15) is 9.59 Å². The average molecular weight is 431 g/mol. The minimum Gasteiger partial charge on any atom is -0.366 e. The van der Waals surface area contributed by atoms with Crippen molar-refractivity contribution in [2.24, 2.45) is 5.73 Å². The van der Waals surface area contributed by atoms with Crippen LogP contribution in [0.2, 0.25) is 5.02 Å². The summed E-state index contributed by atoms with van der Waals surface area (Å²) >= 11 is 6.02. The predicted molar refractivity (Wildman–Crippen MR) is 121 cm³/mol. The van der Waals surface area contributed by atoms with Gasteiger partial charge in [-0.15, -0.1) is 0 Å². The first-order valence-electron chi connectivity index (χ1n) is 9.58. The second kappa shape index (κ2) is 8.85. The SMILES string of the molecule is NC(=O)c1cccc(NC(=O)c2cn(Cc3ccccc3)nc2-c2ccc(Cl)cc2)c1. The molecule has 31 heavy (non-hydrogen) atoms. The third-order valence-corrected chi connectivity index (χ3v) is 4.97. The normalized spacial score (nSPS) is 10.6. The summed E-state index contributed by atoms with van der Waals surface area (Å²) in [6.45, 7) is 0.520. The third-order valence-electron chi connectivity index (χ3n) is 4.72. The summed E-state index contributed by atoms with van der Waals surface area (Å²) in [5.41, 5.74) is 8.90. The van der Waals surface area contributed by atoms with Crippen molar-refractivity contribution in [3.8, 4) is 11.3 Å². The summed E-state index contributed by atoms with van der Waals surface area (Å²) in [6.07, 6.45) is 1.71. The van der Waals surface area contributed by atoms with E-state index in [0.717, 1.165) is 11.1 Å². The van der Waals surface area contributed by atoms with Crippen LogP contribution in [0.1, 0.15) is 26.3 Å². The Bertz CT molecular complexity index is 1230. The molecular weight excluding hydrogens is 412 g/mol. The molecule has 0 aliphatic carbocycles. The molecule has 0 aliphatic heterocycles. The van der Waals surface area contributed by atoms with E-state index < -0.39 is 5.91 Å². The average Bonchev–Trinajstić information content (AvgIpc) is 3.19. The molecule has 0 radical (unpaired) electrons. The van der Waals surface area contributed by atoms with Gasteiger partial charge in [0.25, 0.3) is 5.91 Å². The number of hydrogen-bond donors (Lipinski definition) is 2.